The highest BCUT2D eigenvalue weighted by molar-refractivity contribution is 6.00. The molecule has 0 aromatic heterocycles. The molecule has 0 bridgehead atoms. The van der Waals surface area contributed by atoms with Gasteiger partial charge in [-0.1, -0.05) is 13.0 Å². The van der Waals surface area contributed by atoms with Crippen LogP contribution in [0.2, 0.25) is 0 Å². The highest BCUT2D eigenvalue weighted by Gasteiger charge is 2.34. The smallest absolute Gasteiger partial charge is 0.304 e. The third kappa shape index (κ3) is 2.38. The van der Waals surface area contributed by atoms with Gasteiger partial charge in [0.25, 0.3) is 5.91 Å². The molecular formula is C13H17N3O3. The van der Waals surface area contributed by atoms with Crippen LogP contribution in [0.5, 0.6) is 0 Å². The van der Waals surface area contributed by atoms with Crippen molar-refractivity contribution >= 4 is 17.3 Å². The first-order valence-electron chi connectivity index (χ1n) is 6.25. The van der Waals surface area contributed by atoms with Gasteiger partial charge in [0.05, 0.1) is 4.92 Å². The summed E-state index contributed by atoms with van der Waals surface area (Å²) < 4.78 is 0. The molecule has 1 aromatic rings. The molecule has 2 unspecified atom stereocenters. The fourth-order valence-corrected chi connectivity index (χ4v) is 2.68. The monoisotopic (exact) mass is 263 g/mol. The van der Waals surface area contributed by atoms with Crippen molar-refractivity contribution in [3.8, 4) is 0 Å². The zero-order valence-electron chi connectivity index (χ0n) is 11.0. The van der Waals surface area contributed by atoms with Crippen molar-refractivity contribution < 1.29 is 9.72 Å². The fraction of sp³-hybridized carbons (Fsp3) is 0.462. The average Bonchev–Trinajstić information content (AvgIpc) is 2.66. The van der Waals surface area contributed by atoms with Gasteiger partial charge >= 0.3 is 5.69 Å². The van der Waals surface area contributed by atoms with Crippen molar-refractivity contribution in [1.82, 2.24) is 4.90 Å². The molecule has 19 heavy (non-hydrogen) atoms. The van der Waals surface area contributed by atoms with Crippen LogP contribution in [0, 0.1) is 16.0 Å². The number of amides is 1. The first kappa shape index (κ1) is 13.3. The number of rotatable bonds is 2. The van der Waals surface area contributed by atoms with Gasteiger partial charge in [0, 0.05) is 12.6 Å². The van der Waals surface area contributed by atoms with Gasteiger partial charge in [-0.25, -0.2) is 0 Å². The molecule has 1 heterocycles. The Morgan fingerprint density at radius 2 is 2.16 bits per heavy atom. The minimum atomic E-state index is -0.591. The van der Waals surface area contributed by atoms with Crippen LogP contribution >= 0.6 is 0 Å². The lowest BCUT2D eigenvalue weighted by Gasteiger charge is -2.21. The number of nitrogens with two attached hydrogens (primary N) is 1. The number of carbonyl (C=O) groups is 1. The molecule has 1 amide bonds. The number of nitro groups is 1. The molecule has 1 fully saturated rings. The Bertz CT molecular complexity index is 530. The minimum Gasteiger partial charge on any atom is -0.393 e. The van der Waals surface area contributed by atoms with Crippen LogP contribution in [0.3, 0.4) is 0 Å². The number of anilines is 1. The van der Waals surface area contributed by atoms with E-state index in [0.29, 0.717) is 12.5 Å². The average molecular weight is 263 g/mol. The van der Waals surface area contributed by atoms with E-state index in [-0.39, 0.29) is 28.9 Å². The van der Waals surface area contributed by atoms with E-state index in [0.717, 1.165) is 6.42 Å². The van der Waals surface area contributed by atoms with Gasteiger partial charge in [0.15, 0.2) is 0 Å². The molecule has 1 aliphatic rings. The molecular weight excluding hydrogens is 246 g/mol. The van der Waals surface area contributed by atoms with Crippen LogP contribution < -0.4 is 5.73 Å². The number of carbonyl (C=O) groups excluding carboxylic acids is 1. The summed E-state index contributed by atoms with van der Waals surface area (Å²) in [6.45, 7) is 4.66. The normalized spacial score (nSPS) is 22.5. The highest BCUT2D eigenvalue weighted by Crippen LogP contribution is 2.30. The molecule has 6 heteroatoms. The van der Waals surface area contributed by atoms with E-state index in [2.05, 4.69) is 6.92 Å². The lowest BCUT2D eigenvalue weighted by atomic mass is 10.1. The van der Waals surface area contributed by atoms with Crippen molar-refractivity contribution in [2.24, 2.45) is 5.92 Å². The molecule has 1 saturated heterocycles. The molecule has 2 N–H and O–H groups in total. The number of likely N-dealkylation sites (tertiary alicyclic amines) is 1. The van der Waals surface area contributed by atoms with E-state index in [4.69, 9.17) is 5.73 Å². The van der Waals surface area contributed by atoms with Gasteiger partial charge in [-0.3, -0.25) is 14.9 Å². The summed E-state index contributed by atoms with van der Waals surface area (Å²) >= 11 is 0. The van der Waals surface area contributed by atoms with Gasteiger partial charge in [0.2, 0.25) is 0 Å². The maximum atomic E-state index is 12.4. The van der Waals surface area contributed by atoms with Crippen LogP contribution in [-0.4, -0.2) is 28.3 Å². The van der Waals surface area contributed by atoms with Crippen LogP contribution in [0.4, 0.5) is 11.4 Å². The maximum Gasteiger partial charge on any atom is 0.304 e. The summed E-state index contributed by atoms with van der Waals surface area (Å²) in [5.41, 5.74) is 5.41. The predicted molar refractivity (Wildman–Crippen MR) is 71.8 cm³/mol. The summed E-state index contributed by atoms with van der Waals surface area (Å²) in [5, 5.41) is 11.1. The zero-order chi connectivity index (χ0) is 14.2. The Morgan fingerprint density at radius 1 is 1.47 bits per heavy atom. The van der Waals surface area contributed by atoms with E-state index in [1.165, 1.54) is 12.1 Å². The number of nitrogens with zero attached hydrogens (tertiary/aromatic N) is 2. The second-order valence-electron chi connectivity index (χ2n) is 5.15. The second-order valence-corrected chi connectivity index (χ2v) is 5.15. The summed E-state index contributed by atoms with van der Waals surface area (Å²) in [4.78, 5) is 24.6. The second kappa shape index (κ2) is 4.87. The standard InChI is InChI=1S/C13H17N3O3/c1-8-6-9(2)15(7-8)13(17)10-4-3-5-11(14)12(10)16(18)19/h3-5,8-9H,6-7,14H2,1-2H3. The van der Waals surface area contributed by atoms with Crippen LogP contribution in [0.1, 0.15) is 30.6 Å². The van der Waals surface area contributed by atoms with Crippen molar-refractivity contribution in [2.75, 3.05) is 12.3 Å². The van der Waals surface area contributed by atoms with Gasteiger partial charge in [0.1, 0.15) is 11.3 Å². The molecule has 2 rings (SSSR count). The summed E-state index contributed by atoms with van der Waals surface area (Å²) in [6, 6.07) is 4.57. The molecule has 0 saturated carbocycles. The third-order valence-corrected chi connectivity index (χ3v) is 3.52. The lowest BCUT2D eigenvalue weighted by molar-refractivity contribution is -0.384. The number of hydrogen-bond donors (Lipinski definition) is 1. The Kier molecular flexibility index (Phi) is 3.42. The van der Waals surface area contributed by atoms with Gasteiger partial charge in [-0.15, -0.1) is 0 Å². The number of para-hydroxylation sites is 1. The molecule has 0 spiro atoms. The van der Waals surface area contributed by atoms with E-state index < -0.39 is 4.92 Å². The SMILES string of the molecule is CC1CC(C)N(C(=O)c2cccc(N)c2[N+](=O)[O-])C1. The Hall–Kier alpha value is -2.11. The molecule has 2 atom stereocenters. The van der Waals surface area contributed by atoms with E-state index in [9.17, 15) is 14.9 Å². The van der Waals surface area contributed by atoms with Crippen LogP contribution in [0.25, 0.3) is 0 Å². The topological polar surface area (TPSA) is 89.5 Å². The van der Waals surface area contributed by atoms with Crippen molar-refractivity contribution in [3.05, 3.63) is 33.9 Å². The number of nitro benzene ring substituents is 1. The third-order valence-electron chi connectivity index (χ3n) is 3.52. The van der Waals surface area contributed by atoms with Gasteiger partial charge < -0.3 is 10.6 Å². The molecule has 1 aliphatic heterocycles. The number of benzene rings is 1. The molecule has 0 radical (unpaired) electrons. The van der Waals surface area contributed by atoms with Gasteiger partial charge in [-0.2, -0.15) is 0 Å². The van der Waals surface area contributed by atoms with Crippen molar-refractivity contribution in [2.45, 2.75) is 26.3 Å². The zero-order valence-corrected chi connectivity index (χ0v) is 11.0. The summed E-state index contributed by atoms with van der Waals surface area (Å²) in [6.07, 6.45) is 0.919. The Balaban J connectivity index is 2.40. The van der Waals surface area contributed by atoms with Crippen molar-refractivity contribution in [1.29, 1.82) is 0 Å². The highest BCUT2D eigenvalue weighted by atomic mass is 16.6. The van der Waals surface area contributed by atoms with E-state index >= 15 is 0 Å². The summed E-state index contributed by atoms with van der Waals surface area (Å²) in [7, 11) is 0. The molecule has 6 nitrogen and oxygen atoms in total. The molecule has 0 aliphatic carbocycles. The largest absolute Gasteiger partial charge is 0.393 e. The summed E-state index contributed by atoms with van der Waals surface area (Å²) in [5.74, 6) is 0.106. The van der Waals surface area contributed by atoms with Crippen LogP contribution in [-0.2, 0) is 0 Å². The Labute approximate surface area is 111 Å². The van der Waals surface area contributed by atoms with Gasteiger partial charge in [-0.05, 0) is 31.4 Å². The number of hydrogen-bond acceptors (Lipinski definition) is 4. The molecule has 1 aromatic carbocycles. The first-order chi connectivity index (χ1) is 8.91. The minimum absolute atomic E-state index is 0.0238. The maximum absolute atomic E-state index is 12.4. The lowest BCUT2D eigenvalue weighted by Crippen LogP contribution is -2.34. The quantitative estimate of drug-likeness (QED) is 0.502. The first-order valence-corrected chi connectivity index (χ1v) is 6.25. The number of nitrogen functional groups attached to an aromatic ring is 1. The Morgan fingerprint density at radius 3 is 2.68 bits per heavy atom. The molecule has 102 valence electrons. The predicted octanol–water partition coefficient (Wildman–Crippen LogP) is 2.05. The van der Waals surface area contributed by atoms with E-state index in [1.54, 1.807) is 11.0 Å². The fourth-order valence-electron chi connectivity index (χ4n) is 2.68. The van der Waals surface area contributed by atoms with Crippen LogP contribution in [0.15, 0.2) is 18.2 Å². The van der Waals surface area contributed by atoms with Crippen molar-refractivity contribution in [3.63, 3.8) is 0 Å². The van der Waals surface area contributed by atoms with E-state index in [1.807, 2.05) is 6.92 Å².